The van der Waals surface area contributed by atoms with Crippen LogP contribution >= 0.6 is 0 Å². The summed E-state index contributed by atoms with van der Waals surface area (Å²) in [6.45, 7) is 3.55. The summed E-state index contributed by atoms with van der Waals surface area (Å²) in [4.78, 5) is 35.5. The van der Waals surface area contributed by atoms with E-state index in [1.165, 1.54) is 14.2 Å². The summed E-state index contributed by atoms with van der Waals surface area (Å²) >= 11 is 0. The van der Waals surface area contributed by atoms with Gasteiger partial charge in [0.1, 0.15) is 11.5 Å². The fourth-order valence-electron chi connectivity index (χ4n) is 3.72. The lowest BCUT2D eigenvalue weighted by Crippen LogP contribution is -2.48. The summed E-state index contributed by atoms with van der Waals surface area (Å²) in [6, 6.07) is 9.23. The monoisotopic (exact) mass is 520 g/mol. The van der Waals surface area contributed by atoms with Crippen molar-refractivity contribution < 1.29 is 48.3 Å². The Morgan fingerprint density at radius 2 is 1.27 bits per heavy atom. The zero-order valence-corrected chi connectivity index (χ0v) is 21.5. The minimum Gasteiger partial charge on any atom is -0.497 e. The molecule has 0 bridgehead atoms. The minimum atomic E-state index is -1.82. The molecule has 37 heavy (non-hydrogen) atoms. The summed E-state index contributed by atoms with van der Waals surface area (Å²) in [5.74, 6) is -0.728. The normalized spacial score (nSPS) is 13.1. The minimum absolute atomic E-state index is 0.0547. The van der Waals surface area contributed by atoms with Crippen LogP contribution in [0.5, 0.6) is 28.7 Å². The van der Waals surface area contributed by atoms with Gasteiger partial charge in [0.2, 0.25) is 5.75 Å². The molecule has 12 heteroatoms. The molecule has 0 saturated carbocycles. The van der Waals surface area contributed by atoms with Crippen LogP contribution in [0.3, 0.4) is 0 Å². The number of carbonyl (C=O) groups excluding carboxylic acids is 1. The number of ether oxygens (including phenoxy) is 5. The standard InChI is InChI=1S/C23H30N2O6.C2H2O4/c1-27-18-7-6-16(19(14-18)28-2)15-24-8-10-25(11-9-24)23(26)17-12-20(29-3)22(31-5)21(13-17)30-4;3-1(4)2(5)6/h6-7,12-14H,8-11,15H2,1-5H3;(H,3,4)(H,5,6). The number of carbonyl (C=O) groups is 3. The third-order valence-corrected chi connectivity index (χ3v) is 5.64. The Hall–Kier alpha value is -4.19. The lowest BCUT2D eigenvalue weighted by molar-refractivity contribution is -0.159. The quantitative estimate of drug-likeness (QED) is 0.492. The SMILES string of the molecule is COc1ccc(CN2CCN(C(=O)c3cc(OC)c(OC)c(OC)c3)CC2)c(OC)c1.O=C(O)C(=O)O. The van der Waals surface area contributed by atoms with Crippen molar-refractivity contribution in [2.24, 2.45) is 0 Å². The Labute approximate surface area is 214 Å². The molecule has 1 aliphatic rings. The van der Waals surface area contributed by atoms with E-state index in [4.69, 9.17) is 43.5 Å². The molecule has 0 aromatic heterocycles. The molecule has 1 fully saturated rings. The largest absolute Gasteiger partial charge is 0.497 e. The van der Waals surface area contributed by atoms with Crippen molar-refractivity contribution in [3.8, 4) is 28.7 Å². The Morgan fingerprint density at radius 3 is 1.70 bits per heavy atom. The second kappa shape index (κ2) is 13.8. The summed E-state index contributed by atoms with van der Waals surface area (Å²) in [6.07, 6.45) is 0. The maximum Gasteiger partial charge on any atom is 0.414 e. The van der Waals surface area contributed by atoms with Crippen LogP contribution in [0.2, 0.25) is 0 Å². The number of hydrogen-bond acceptors (Lipinski definition) is 9. The molecule has 0 atom stereocenters. The second-order valence-corrected chi connectivity index (χ2v) is 7.77. The molecule has 1 heterocycles. The van der Waals surface area contributed by atoms with Gasteiger partial charge in [0, 0.05) is 49.9 Å². The molecule has 1 saturated heterocycles. The van der Waals surface area contributed by atoms with Crippen LogP contribution in [0.25, 0.3) is 0 Å². The van der Waals surface area contributed by atoms with Crippen molar-refractivity contribution in [3.05, 3.63) is 41.5 Å². The van der Waals surface area contributed by atoms with Gasteiger partial charge in [-0.2, -0.15) is 0 Å². The number of hydrogen-bond donors (Lipinski definition) is 2. The first-order valence-corrected chi connectivity index (χ1v) is 11.2. The number of carboxylic acid groups (broad SMARTS) is 2. The number of rotatable bonds is 8. The Balaban J connectivity index is 0.000000717. The van der Waals surface area contributed by atoms with Gasteiger partial charge in [-0.05, 0) is 18.2 Å². The van der Waals surface area contributed by atoms with Crippen LogP contribution in [0, 0.1) is 0 Å². The van der Waals surface area contributed by atoms with E-state index < -0.39 is 11.9 Å². The predicted octanol–water partition coefficient (Wildman–Crippen LogP) is 1.84. The molecule has 1 aliphatic heterocycles. The zero-order chi connectivity index (χ0) is 27.5. The Bertz CT molecular complexity index is 1060. The van der Waals surface area contributed by atoms with Gasteiger partial charge in [-0.25, -0.2) is 9.59 Å². The number of methoxy groups -OCH3 is 5. The molecular formula is C25H32N2O10. The lowest BCUT2D eigenvalue weighted by atomic mass is 10.1. The third kappa shape index (κ3) is 7.64. The van der Waals surface area contributed by atoms with Gasteiger partial charge in [-0.3, -0.25) is 9.69 Å². The van der Waals surface area contributed by atoms with Crippen molar-refractivity contribution in [1.82, 2.24) is 9.80 Å². The van der Waals surface area contributed by atoms with Gasteiger partial charge >= 0.3 is 11.9 Å². The molecule has 0 radical (unpaired) electrons. The number of piperazine rings is 1. The van der Waals surface area contributed by atoms with Crippen molar-refractivity contribution in [3.63, 3.8) is 0 Å². The zero-order valence-electron chi connectivity index (χ0n) is 21.5. The molecule has 0 aliphatic carbocycles. The van der Waals surface area contributed by atoms with Gasteiger partial charge in [0.05, 0.1) is 35.5 Å². The molecule has 0 unspecified atom stereocenters. The molecule has 2 N–H and O–H groups in total. The van der Waals surface area contributed by atoms with E-state index in [2.05, 4.69) is 4.90 Å². The van der Waals surface area contributed by atoms with Gasteiger partial charge in [0.25, 0.3) is 5.91 Å². The second-order valence-electron chi connectivity index (χ2n) is 7.77. The maximum absolute atomic E-state index is 13.1. The highest BCUT2D eigenvalue weighted by Gasteiger charge is 2.25. The number of benzene rings is 2. The van der Waals surface area contributed by atoms with E-state index in [1.807, 2.05) is 23.1 Å². The van der Waals surface area contributed by atoms with Crippen molar-refractivity contribution in [2.45, 2.75) is 6.54 Å². The van der Waals surface area contributed by atoms with Gasteiger partial charge < -0.3 is 38.8 Å². The van der Waals surface area contributed by atoms with Gasteiger partial charge in [-0.15, -0.1) is 0 Å². The lowest BCUT2D eigenvalue weighted by Gasteiger charge is -2.35. The van der Waals surface area contributed by atoms with Crippen LogP contribution in [0.15, 0.2) is 30.3 Å². The van der Waals surface area contributed by atoms with E-state index in [0.29, 0.717) is 35.9 Å². The smallest absolute Gasteiger partial charge is 0.414 e. The first kappa shape index (κ1) is 29.0. The van der Waals surface area contributed by atoms with Crippen LogP contribution in [-0.4, -0.2) is 99.6 Å². The average Bonchev–Trinajstić information content (AvgIpc) is 2.92. The van der Waals surface area contributed by atoms with E-state index in [0.717, 1.165) is 36.7 Å². The first-order valence-electron chi connectivity index (χ1n) is 11.2. The van der Waals surface area contributed by atoms with E-state index in [9.17, 15) is 4.79 Å². The van der Waals surface area contributed by atoms with E-state index in [1.54, 1.807) is 33.5 Å². The Morgan fingerprint density at radius 1 is 0.730 bits per heavy atom. The summed E-state index contributed by atoms with van der Waals surface area (Å²) in [5, 5.41) is 14.8. The fourth-order valence-corrected chi connectivity index (χ4v) is 3.72. The van der Waals surface area contributed by atoms with Crippen LogP contribution < -0.4 is 23.7 Å². The van der Waals surface area contributed by atoms with Gasteiger partial charge in [0.15, 0.2) is 11.5 Å². The number of amides is 1. The van der Waals surface area contributed by atoms with Crippen LogP contribution in [0.4, 0.5) is 0 Å². The number of carboxylic acids is 2. The molecule has 2 aromatic carbocycles. The first-order chi connectivity index (χ1) is 17.7. The summed E-state index contributed by atoms with van der Waals surface area (Å²) in [5.41, 5.74) is 1.60. The molecule has 2 aromatic rings. The highest BCUT2D eigenvalue weighted by atomic mass is 16.5. The highest BCUT2D eigenvalue weighted by molar-refractivity contribution is 6.27. The molecule has 1 amide bonds. The summed E-state index contributed by atoms with van der Waals surface area (Å²) < 4.78 is 26.9. The van der Waals surface area contributed by atoms with E-state index >= 15 is 0 Å². The topological polar surface area (TPSA) is 144 Å². The maximum atomic E-state index is 13.1. The van der Waals surface area contributed by atoms with Crippen molar-refractivity contribution in [1.29, 1.82) is 0 Å². The third-order valence-electron chi connectivity index (χ3n) is 5.64. The fraction of sp³-hybridized carbons (Fsp3) is 0.400. The number of aliphatic carboxylic acids is 2. The van der Waals surface area contributed by atoms with Crippen LogP contribution in [0.1, 0.15) is 15.9 Å². The molecule has 3 rings (SSSR count). The van der Waals surface area contributed by atoms with E-state index in [-0.39, 0.29) is 5.91 Å². The molecule has 202 valence electrons. The molecule has 0 spiro atoms. The van der Waals surface area contributed by atoms with Crippen molar-refractivity contribution >= 4 is 17.8 Å². The van der Waals surface area contributed by atoms with Gasteiger partial charge in [-0.1, -0.05) is 6.07 Å². The summed E-state index contributed by atoms with van der Waals surface area (Å²) in [7, 11) is 7.92. The Kier molecular flexibility index (Phi) is 10.8. The number of nitrogens with zero attached hydrogens (tertiary/aromatic N) is 2. The molecule has 12 nitrogen and oxygen atoms in total. The van der Waals surface area contributed by atoms with Crippen molar-refractivity contribution in [2.75, 3.05) is 61.7 Å². The van der Waals surface area contributed by atoms with Crippen LogP contribution in [-0.2, 0) is 16.1 Å². The predicted molar refractivity (Wildman–Crippen MR) is 132 cm³/mol. The average molecular weight is 521 g/mol. The highest BCUT2D eigenvalue weighted by Crippen LogP contribution is 2.38. The molecular weight excluding hydrogens is 488 g/mol.